The summed E-state index contributed by atoms with van der Waals surface area (Å²) < 4.78 is 13.7. The fourth-order valence-electron chi connectivity index (χ4n) is 2.91. The van der Waals surface area contributed by atoms with E-state index in [4.69, 9.17) is 11.6 Å². The molecule has 7 heteroatoms. The van der Waals surface area contributed by atoms with Gasteiger partial charge in [-0.2, -0.15) is 0 Å². The molecule has 1 atom stereocenters. The van der Waals surface area contributed by atoms with Crippen molar-refractivity contribution < 1.29 is 14.0 Å². The average molecular weight is 381 g/mol. The Morgan fingerprint density at radius 3 is 2.92 bits per heavy atom. The molecule has 0 bridgehead atoms. The first-order valence-corrected chi connectivity index (χ1v) is 9.27. The summed E-state index contributed by atoms with van der Waals surface area (Å²) in [6.07, 6.45) is 2.86. The Hall–Kier alpha value is -1.92. The molecule has 1 aromatic heterocycles. The highest BCUT2D eigenvalue weighted by Crippen LogP contribution is 2.32. The summed E-state index contributed by atoms with van der Waals surface area (Å²) in [7, 11) is 0. The van der Waals surface area contributed by atoms with Crippen molar-refractivity contribution in [3.05, 3.63) is 56.0 Å². The zero-order chi connectivity index (χ0) is 18.0. The van der Waals surface area contributed by atoms with E-state index in [0.29, 0.717) is 10.8 Å². The first-order valence-electron chi connectivity index (χ1n) is 8.07. The zero-order valence-corrected chi connectivity index (χ0v) is 15.3. The summed E-state index contributed by atoms with van der Waals surface area (Å²) in [5.41, 5.74) is 6.03. The summed E-state index contributed by atoms with van der Waals surface area (Å²) in [5, 5.41) is 0.182. The number of amides is 2. The molecule has 4 nitrogen and oxygen atoms in total. The number of aryl methyl sites for hydroxylation is 1. The summed E-state index contributed by atoms with van der Waals surface area (Å²) in [6, 6.07) is 6.12. The molecule has 0 saturated carbocycles. The summed E-state index contributed by atoms with van der Waals surface area (Å²) >= 11 is 7.36. The number of nitrogens with one attached hydrogen (secondary N) is 2. The highest BCUT2D eigenvalue weighted by molar-refractivity contribution is 7.14. The molecule has 2 amide bonds. The number of hydrazine groups is 1. The Labute approximate surface area is 154 Å². The fraction of sp³-hybridized carbons (Fsp3) is 0.333. The van der Waals surface area contributed by atoms with Crippen LogP contribution in [0, 0.1) is 11.7 Å². The van der Waals surface area contributed by atoms with Crippen molar-refractivity contribution in [2.75, 3.05) is 0 Å². The molecule has 0 radical (unpaired) electrons. The van der Waals surface area contributed by atoms with Crippen molar-refractivity contribution in [1.29, 1.82) is 0 Å². The van der Waals surface area contributed by atoms with Gasteiger partial charge in [0, 0.05) is 15.5 Å². The Kier molecular flexibility index (Phi) is 5.39. The van der Waals surface area contributed by atoms with E-state index >= 15 is 0 Å². The molecule has 1 heterocycles. The van der Waals surface area contributed by atoms with Gasteiger partial charge in [0.2, 0.25) is 5.91 Å². The molecule has 0 spiro atoms. The molecule has 3 rings (SSSR count). The van der Waals surface area contributed by atoms with Gasteiger partial charge in [-0.25, -0.2) is 4.39 Å². The standard InChI is InChI=1S/C18H18ClFN2O2S/c1-10-5-6-15-11(7-10)8-16(25-15)18(24)22-21-17(23)9-12-13(19)3-2-4-14(12)20/h2-4,8,10H,5-7,9H2,1H3,(H,21,23)(H,22,24)/t10-/m1/s1. The van der Waals surface area contributed by atoms with Gasteiger partial charge in [-0.05, 0) is 48.9 Å². The van der Waals surface area contributed by atoms with E-state index in [2.05, 4.69) is 17.8 Å². The van der Waals surface area contributed by atoms with Crippen LogP contribution in [0.2, 0.25) is 5.02 Å². The third-order valence-corrected chi connectivity index (χ3v) is 5.86. The van der Waals surface area contributed by atoms with Crippen molar-refractivity contribution >= 4 is 34.8 Å². The van der Waals surface area contributed by atoms with Crippen molar-refractivity contribution in [1.82, 2.24) is 10.9 Å². The Balaban J connectivity index is 1.58. The van der Waals surface area contributed by atoms with Crippen LogP contribution in [0.25, 0.3) is 0 Å². The van der Waals surface area contributed by atoms with Gasteiger partial charge in [0.1, 0.15) is 5.82 Å². The van der Waals surface area contributed by atoms with Gasteiger partial charge in [-0.3, -0.25) is 20.4 Å². The SMILES string of the molecule is C[C@@H]1CCc2sc(C(=O)NNC(=O)Cc3c(F)cccc3Cl)cc2C1. The van der Waals surface area contributed by atoms with E-state index < -0.39 is 11.7 Å². The van der Waals surface area contributed by atoms with Gasteiger partial charge in [0.25, 0.3) is 5.91 Å². The number of rotatable bonds is 3. The monoisotopic (exact) mass is 380 g/mol. The molecule has 2 N–H and O–H groups in total. The lowest BCUT2D eigenvalue weighted by Crippen LogP contribution is -2.42. The van der Waals surface area contributed by atoms with Crippen LogP contribution in [0.5, 0.6) is 0 Å². The van der Waals surface area contributed by atoms with Gasteiger partial charge >= 0.3 is 0 Å². The predicted molar refractivity (Wildman–Crippen MR) is 96.2 cm³/mol. The molecule has 1 aromatic carbocycles. The van der Waals surface area contributed by atoms with Gasteiger partial charge in [0.15, 0.2) is 0 Å². The van der Waals surface area contributed by atoms with Crippen LogP contribution >= 0.6 is 22.9 Å². The number of fused-ring (bicyclic) bond motifs is 1. The quantitative estimate of drug-likeness (QED) is 0.798. The summed E-state index contributed by atoms with van der Waals surface area (Å²) in [6.45, 7) is 2.20. The number of carbonyl (C=O) groups is 2. The Morgan fingerprint density at radius 1 is 1.36 bits per heavy atom. The van der Waals surface area contributed by atoms with Crippen LogP contribution in [-0.4, -0.2) is 11.8 Å². The third-order valence-electron chi connectivity index (χ3n) is 4.27. The first kappa shape index (κ1) is 17.9. The topological polar surface area (TPSA) is 58.2 Å². The maximum Gasteiger partial charge on any atom is 0.279 e. The molecular weight excluding hydrogens is 363 g/mol. The lowest BCUT2D eigenvalue weighted by Gasteiger charge is -2.16. The smallest absolute Gasteiger partial charge is 0.273 e. The molecule has 0 saturated heterocycles. The number of hydrogen-bond acceptors (Lipinski definition) is 3. The second-order valence-corrected chi connectivity index (χ2v) is 7.83. The minimum absolute atomic E-state index is 0.108. The number of thiophene rings is 1. The Bertz CT molecular complexity index is 801. The minimum atomic E-state index is -0.547. The van der Waals surface area contributed by atoms with Crippen LogP contribution in [0.15, 0.2) is 24.3 Å². The zero-order valence-electron chi connectivity index (χ0n) is 13.7. The van der Waals surface area contributed by atoms with E-state index in [0.717, 1.165) is 19.3 Å². The average Bonchev–Trinajstić information content (AvgIpc) is 2.99. The van der Waals surface area contributed by atoms with Gasteiger partial charge in [0.05, 0.1) is 11.3 Å². The maximum absolute atomic E-state index is 13.7. The fourth-order valence-corrected chi connectivity index (χ4v) is 4.25. The van der Waals surface area contributed by atoms with E-state index in [1.54, 1.807) is 0 Å². The largest absolute Gasteiger partial charge is 0.279 e. The van der Waals surface area contributed by atoms with E-state index in [-0.39, 0.29) is 22.9 Å². The van der Waals surface area contributed by atoms with Crippen molar-refractivity contribution in [2.45, 2.75) is 32.6 Å². The second kappa shape index (κ2) is 7.54. The van der Waals surface area contributed by atoms with Crippen molar-refractivity contribution in [3.8, 4) is 0 Å². The van der Waals surface area contributed by atoms with Gasteiger partial charge < -0.3 is 0 Å². The van der Waals surface area contributed by atoms with E-state index in [1.165, 1.54) is 40.0 Å². The lowest BCUT2D eigenvalue weighted by molar-refractivity contribution is -0.121. The second-order valence-electron chi connectivity index (χ2n) is 6.29. The van der Waals surface area contributed by atoms with Crippen LogP contribution in [0.1, 0.15) is 39.0 Å². The maximum atomic E-state index is 13.7. The molecule has 1 aliphatic rings. The highest BCUT2D eigenvalue weighted by Gasteiger charge is 2.21. The van der Waals surface area contributed by atoms with Crippen LogP contribution in [0.4, 0.5) is 4.39 Å². The van der Waals surface area contributed by atoms with Gasteiger partial charge in [-0.15, -0.1) is 11.3 Å². The lowest BCUT2D eigenvalue weighted by atomic mass is 9.90. The molecule has 2 aromatic rings. The molecule has 132 valence electrons. The first-order chi connectivity index (χ1) is 11.9. The number of halogens is 2. The molecule has 0 fully saturated rings. The normalized spacial score (nSPS) is 16.2. The highest BCUT2D eigenvalue weighted by atomic mass is 35.5. The minimum Gasteiger partial charge on any atom is -0.273 e. The van der Waals surface area contributed by atoms with Gasteiger partial charge in [-0.1, -0.05) is 24.6 Å². The third kappa shape index (κ3) is 4.19. The van der Waals surface area contributed by atoms with Crippen molar-refractivity contribution in [2.24, 2.45) is 5.92 Å². The number of carbonyl (C=O) groups excluding carboxylic acids is 2. The van der Waals surface area contributed by atoms with Crippen LogP contribution in [-0.2, 0) is 24.1 Å². The molecule has 0 unspecified atom stereocenters. The van der Waals surface area contributed by atoms with E-state index in [9.17, 15) is 14.0 Å². The van der Waals surface area contributed by atoms with Crippen LogP contribution < -0.4 is 10.9 Å². The molecule has 1 aliphatic carbocycles. The molecular formula is C18H18ClFN2O2S. The van der Waals surface area contributed by atoms with Crippen molar-refractivity contribution in [3.63, 3.8) is 0 Å². The number of benzene rings is 1. The summed E-state index contributed by atoms with van der Waals surface area (Å²) in [5.74, 6) is -0.812. The Morgan fingerprint density at radius 2 is 2.16 bits per heavy atom. The predicted octanol–water partition coefficient (Wildman–Crippen LogP) is 3.67. The number of hydrogen-bond donors (Lipinski definition) is 2. The molecule has 0 aliphatic heterocycles. The van der Waals surface area contributed by atoms with E-state index in [1.807, 2.05) is 6.07 Å². The molecule has 25 heavy (non-hydrogen) atoms. The summed E-state index contributed by atoms with van der Waals surface area (Å²) in [4.78, 5) is 26.0. The van der Waals surface area contributed by atoms with Crippen LogP contribution in [0.3, 0.4) is 0 Å².